The fourth-order valence-electron chi connectivity index (χ4n) is 1.01. The molecule has 1 aliphatic heterocycles. The molecular formula is C5H6F2O4P2. The summed E-state index contributed by atoms with van der Waals surface area (Å²) >= 11 is 0. The molecule has 1 saturated heterocycles. The number of hydrogen-bond donors (Lipinski definition) is 0. The lowest BCUT2D eigenvalue weighted by molar-refractivity contribution is -0.161. The van der Waals surface area contributed by atoms with E-state index in [0.29, 0.717) is 0 Å². The maximum absolute atomic E-state index is 12.9. The Morgan fingerprint density at radius 1 is 1.69 bits per heavy atom. The van der Waals surface area contributed by atoms with Crippen LogP contribution >= 0.6 is 17.9 Å². The van der Waals surface area contributed by atoms with Crippen molar-refractivity contribution in [2.45, 2.75) is 18.1 Å². The van der Waals surface area contributed by atoms with Crippen molar-refractivity contribution in [3.05, 3.63) is 0 Å². The molecule has 1 heterocycles. The highest BCUT2D eigenvalue weighted by atomic mass is 31.1. The number of halogens is 2. The Hall–Kier alpha value is -0.180. The van der Waals surface area contributed by atoms with Crippen molar-refractivity contribution in [3.8, 4) is 0 Å². The molecular weight excluding hydrogens is 224 g/mol. The first kappa shape index (κ1) is 10.9. The largest absolute Gasteiger partial charge is 0.454 e. The van der Waals surface area contributed by atoms with Gasteiger partial charge in [0.25, 0.3) is 0 Å². The molecule has 13 heavy (non-hydrogen) atoms. The number of carbonyl (C=O) groups is 1. The van der Waals surface area contributed by atoms with Gasteiger partial charge in [0, 0.05) is 9.47 Å². The van der Waals surface area contributed by atoms with Crippen LogP contribution in [-0.2, 0) is 18.6 Å². The van der Waals surface area contributed by atoms with Crippen LogP contribution in [-0.4, -0.2) is 30.3 Å². The fourth-order valence-corrected chi connectivity index (χ4v) is 1.77. The van der Waals surface area contributed by atoms with E-state index in [-0.39, 0.29) is 14.6 Å². The number of carbonyl (C=O) groups excluding carboxylic acids is 1. The monoisotopic (exact) mass is 230 g/mol. The molecule has 8 heteroatoms. The van der Waals surface area contributed by atoms with E-state index in [0.717, 1.165) is 0 Å². The maximum Gasteiger partial charge on any atom is 0.380 e. The zero-order valence-corrected chi connectivity index (χ0v) is 8.32. The van der Waals surface area contributed by atoms with Gasteiger partial charge in [0.1, 0.15) is 6.10 Å². The second kappa shape index (κ2) is 3.91. The van der Waals surface area contributed by atoms with Gasteiger partial charge in [0.15, 0.2) is 14.6 Å². The smallest absolute Gasteiger partial charge is 0.380 e. The molecule has 74 valence electrons. The van der Waals surface area contributed by atoms with Gasteiger partial charge in [-0.1, -0.05) is 0 Å². The van der Waals surface area contributed by atoms with Gasteiger partial charge in [-0.3, -0.25) is 4.57 Å². The minimum atomic E-state index is -3.66. The van der Waals surface area contributed by atoms with E-state index in [2.05, 4.69) is 9.26 Å². The lowest BCUT2D eigenvalue weighted by Gasteiger charge is -2.15. The molecule has 1 rings (SSSR count). The molecule has 1 fully saturated rings. The van der Waals surface area contributed by atoms with Crippen LogP contribution in [0.1, 0.15) is 0 Å². The Labute approximate surface area is 76.4 Å². The number of cyclic esters (lactones) is 1. The van der Waals surface area contributed by atoms with Crippen molar-refractivity contribution in [1.82, 2.24) is 0 Å². The summed E-state index contributed by atoms with van der Waals surface area (Å²) < 4.78 is 44.5. The van der Waals surface area contributed by atoms with Gasteiger partial charge in [-0.15, -0.1) is 0 Å². The summed E-state index contributed by atoms with van der Waals surface area (Å²) in [6.45, 7) is 0. The molecule has 3 atom stereocenters. The molecule has 1 unspecified atom stereocenters. The van der Waals surface area contributed by atoms with Gasteiger partial charge >= 0.3 is 11.9 Å². The molecule has 0 N–H and O–H groups in total. The van der Waals surface area contributed by atoms with Crippen molar-refractivity contribution < 1.29 is 27.4 Å². The summed E-state index contributed by atoms with van der Waals surface area (Å²) in [6.07, 6.45) is -3.02. The molecule has 0 saturated carbocycles. The Morgan fingerprint density at radius 2 is 2.31 bits per heavy atom. The number of ether oxygens (including phenoxy) is 1. The molecule has 0 spiro atoms. The normalized spacial score (nSPS) is 32.1. The summed E-state index contributed by atoms with van der Waals surface area (Å²) in [5, 5.41) is 0. The SMILES string of the molecule is O=PC[C@H]1OC(=O)C(F)(F)[C@@H]1OP. The van der Waals surface area contributed by atoms with Crippen molar-refractivity contribution in [3.63, 3.8) is 0 Å². The van der Waals surface area contributed by atoms with Crippen molar-refractivity contribution in [2.24, 2.45) is 0 Å². The zero-order chi connectivity index (χ0) is 10.1. The van der Waals surface area contributed by atoms with Crippen molar-refractivity contribution in [1.29, 1.82) is 0 Å². The highest BCUT2D eigenvalue weighted by Gasteiger charge is 2.60. The molecule has 0 aromatic rings. The van der Waals surface area contributed by atoms with Crippen LogP contribution in [0.4, 0.5) is 8.78 Å². The third-order valence-corrected chi connectivity index (χ3v) is 2.43. The first-order valence-electron chi connectivity index (χ1n) is 3.27. The first-order valence-corrected chi connectivity index (χ1v) is 4.74. The summed E-state index contributed by atoms with van der Waals surface area (Å²) in [5.74, 6) is -5.29. The molecule has 0 bridgehead atoms. The van der Waals surface area contributed by atoms with Crippen molar-refractivity contribution >= 4 is 23.9 Å². The summed E-state index contributed by atoms with van der Waals surface area (Å²) in [7, 11) is 1.27. The molecule has 1 aliphatic rings. The summed E-state index contributed by atoms with van der Waals surface area (Å²) in [5.41, 5.74) is 0. The van der Waals surface area contributed by atoms with E-state index < -0.39 is 24.1 Å². The minimum Gasteiger partial charge on any atom is -0.454 e. The van der Waals surface area contributed by atoms with E-state index in [1.54, 1.807) is 9.47 Å². The van der Waals surface area contributed by atoms with E-state index in [9.17, 15) is 18.1 Å². The van der Waals surface area contributed by atoms with Gasteiger partial charge in [0.05, 0.1) is 6.16 Å². The average Bonchev–Trinajstić information content (AvgIpc) is 2.24. The molecule has 0 aromatic heterocycles. The van der Waals surface area contributed by atoms with Gasteiger partial charge in [-0.05, 0) is 0 Å². The Morgan fingerprint density at radius 3 is 2.77 bits per heavy atom. The lowest BCUT2D eigenvalue weighted by atomic mass is 10.1. The first-order chi connectivity index (χ1) is 6.04. The van der Waals surface area contributed by atoms with E-state index in [1.165, 1.54) is 0 Å². The summed E-state index contributed by atoms with van der Waals surface area (Å²) in [6, 6.07) is 0. The Bertz CT molecular complexity index is 235. The third-order valence-electron chi connectivity index (χ3n) is 1.63. The summed E-state index contributed by atoms with van der Waals surface area (Å²) in [4.78, 5) is 10.6. The zero-order valence-electron chi connectivity index (χ0n) is 6.28. The van der Waals surface area contributed by atoms with Crippen LogP contribution in [0.2, 0.25) is 0 Å². The molecule has 4 nitrogen and oxygen atoms in total. The number of rotatable bonds is 3. The van der Waals surface area contributed by atoms with Gasteiger partial charge in [0.2, 0.25) is 0 Å². The molecule has 0 aliphatic carbocycles. The quantitative estimate of drug-likeness (QED) is 0.536. The highest BCUT2D eigenvalue weighted by Crippen LogP contribution is 2.35. The fraction of sp³-hybridized carbons (Fsp3) is 0.800. The number of esters is 1. The molecule has 0 amide bonds. The van der Waals surface area contributed by atoms with Crippen LogP contribution in [0.5, 0.6) is 0 Å². The topological polar surface area (TPSA) is 52.6 Å². The maximum atomic E-state index is 12.9. The van der Waals surface area contributed by atoms with E-state index >= 15 is 0 Å². The highest BCUT2D eigenvalue weighted by molar-refractivity contribution is 7.23. The van der Waals surface area contributed by atoms with Crippen LogP contribution in [0.3, 0.4) is 0 Å². The lowest BCUT2D eigenvalue weighted by Crippen LogP contribution is -2.38. The van der Waals surface area contributed by atoms with Crippen LogP contribution < -0.4 is 0 Å². The van der Waals surface area contributed by atoms with E-state index in [1.807, 2.05) is 0 Å². The minimum absolute atomic E-state index is 0.194. The second-order valence-electron chi connectivity index (χ2n) is 2.44. The Balaban J connectivity index is 2.81. The number of alkyl halides is 2. The standard InChI is InChI=1S/C5H6F2O4P2/c6-5(7)3(11-12)2(1-13-9)10-4(5)8/h2-3H,1,12H2/t2-,3-/m1/s1. The average molecular weight is 230 g/mol. The predicted molar refractivity (Wildman–Crippen MR) is 41.9 cm³/mol. The molecule has 0 radical (unpaired) electrons. The Kier molecular flexibility index (Phi) is 3.28. The predicted octanol–water partition coefficient (Wildman–Crippen LogP) is 1.01. The van der Waals surface area contributed by atoms with Gasteiger partial charge in [-0.2, -0.15) is 8.78 Å². The molecule has 0 aromatic carbocycles. The van der Waals surface area contributed by atoms with E-state index in [4.69, 9.17) is 0 Å². The van der Waals surface area contributed by atoms with Crippen LogP contribution in [0.25, 0.3) is 0 Å². The number of hydrogen-bond acceptors (Lipinski definition) is 4. The van der Waals surface area contributed by atoms with Crippen molar-refractivity contribution in [2.75, 3.05) is 6.16 Å². The van der Waals surface area contributed by atoms with Crippen LogP contribution in [0, 0.1) is 0 Å². The third kappa shape index (κ3) is 1.85. The van der Waals surface area contributed by atoms with Crippen LogP contribution in [0.15, 0.2) is 0 Å². The van der Waals surface area contributed by atoms with Gasteiger partial charge < -0.3 is 9.26 Å². The second-order valence-corrected chi connectivity index (χ2v) is 3.33. The van der Waals surface area contributed by atoms with Gasteiger partial charge in [-0.25, -0.2) is 4.79 Å².